The highest BCUT2D eigenvalue weighted by atomic mass is 14.9. The molecule has 0 aliphatic rings. The molecule has 1 rings (SSSR count). The highest BCUT2D eigenvalue weighted by molar-refractivity contribution is 5.18. The van der Waals surface area contributed by atoms with Gasteiger partial charge in [-0.1, -0.05) is 51.1 Å². The average Bonchev–Trinajstić information content (AvgIpc) is 2.34. The van der Waals surface area contributed by atoms with Crippen molar-refractivity contribution in [1.29, 1.82) is 0 Å². The second-order valence-corrected chi connectivity index (χ2v) is 5.11. The first-order chi connectivity index (χ1) is 8.20. The normalized spacial score (nSPS) is 12.9. The van der Waals surface area contributed by atoms with Gasteiger partial charge in [0.2, 0.25) is 0 Å². The van der Waals surface area contributed by atoms with Gasteiger partial charge in [0.05, 0.1) is 0 Å². The quantitative estimate of drug-likeness (QED) is 0.676. The van der Waals surface area contributed by atoms with Gasteiger partial charge in [-0.25, -0.2) is 0 Å². The average molecular weight is 234 g/mol. The maximum atomic E-state index is 3.49. The summed E-state index contributed by atoms with van der Waals surface area (Å²) in [7, 11) is 0. The standard InChI is InChI=1S/C15H26N2/c1-13(2)11-16-9-10-17-12-14(3)15-7-5-4-6-8-15/h4-8,13-14,16-17H,9-12H2,1-3H3. The van der Waals surface area contributed by atoms with Crippen LogP contribution in [0.25, 0.3) is 0 Å². The molecule has 0 radical (unpaired) electrons. The van der Waals surface area contributed by atoms with Crippen molar-refractivity contribution in [3.05, 3.63) is 35.9 Å². The minimum atomic E-state index is 0.585. The van der Waals surface area contributed by atoms with E-state index in [0.717, 1.165) is 32.1 Å². The molecule has 2 N–H and O–H groups in total. The van der Waals surface area contributed by atoms with Crippen LogP contribution >= 0.6 is 0 Å². The topological polar surface area (TPSA) is 24.1 Å². The lowest BCUT2D eigenvalue weighted by atomic mass is 10.0. The molecule has 1 unspecified atom stereocenters. The Labute approximate surface area is 106 Å². The van der Waals surface area contributed by atoms with Gasteiger partial charge in [-0.15, -0.1) is 0 Å². The Kier molecular flexibility index (Phi) is 6.90. The van der Waals surface area contributed by atoms with Crippen LogP contribution in [-0.2, 0) is 0 Å². The monoisotopic (exact) mass is 234 g/mol. The summed E-state index contributed by atoms with van der Waals surface area (Å²) in [6.45, 7) is 11.0. The molecule has 17 heavy (non-hydrogen) atoms. The molecule has 1 atom stereocenters. The molecule has 1 aromatic rings. The Balaban J connectivity index is 2.07. The molecule has 0 amide bonds. The van der Waals surface area contributed by atoms with E-state index in [1.54, 1.807) is 0 Å². The number of rotatable bonds is 8. The Hall–Kier alpha value is -0.860. The lowest BCUT2D eigenvalue weighted by Crippen LogP contribution is -2.31. The van der Waals surface area contributed by atoms with Gasteiger partial charge in [0, 0.05) is 19.6 Å². The Morgan fingerprint density at radius 2 is 1.47 bits per heavy atom. The van der Waals surface area contributed by atoms with E-state index in [0.29, 0.717) is 5.92 Å². The van der Waals surface area contributed by atoms with Crippen LogP contribution in [0.3, 0.4) is 0 Å². The predicted molar refractivity (Wildman–Crippen MR) is 75.4 cm³/mol. The van der Waals surface area contributed by atoms with Crippen molar-refractivity contribution < 1.29 is 0 Å². The van der Waals surface area contributed by atoms with Crippen LogP contribution in [0.4, 0.5) is 0 Å². The Bertz CT molecular complexity index is 282. The van der Waals surface area contributed by atoms with Gasteiger partial charge in [0.15, 0.2) is 0 Å². The minimum absolute atomic E-state index is 0.585. The van der Waals surface area contributed by atoms with Crippen molar-refractivity contribution in [1.82, 2.24) is 10.6 Å². The van der Waals surface area contributed by atoms with E-state index in [1.807, 2.05) is 0 Å². The Morgan fingerprint density at radius 3 is 2.06 bits per heavy atom. The van der Waals surface area contributed by atoms with Gasteiger partial charge in [0.25, 0.3) is 0 Å². The van der Waals surface area contributed by atoms with Gasteiger partial charge in [0.1, 0.15) is 0 Å². The van der Waals surface area contributed by atoms with Crippen LogP contribution < -0.4 is 10.6 Å². The highest BCUT2D eigenvalue weighted by Gasteiger charge is 2.03. The molecule has 0 aromatic heterocycles. The molecule has 0 saturated carbocycles. The van der Waals surface area contributed by atoms with Crippen molar-refractivity contribution in [2.75, 3.05) is 26.2 Å². The number of hydrogen-bond donors (Lipinski definition) is 2. The van der Waals surface area contributed by atoms with Gasteiger partial charge < -0.3 is 10.6 Å². The molecule has 0 aliphatic carbocycles. The van der Waals surface area contributed by atoms with Crippen molar-refractivity contribution >= 4 is 0 Å². The summed E-state index contributed by atoms with van der Waals surface area (Å²) in [5.41, 5.74) is 1.41. The van der Waals surface area contributed by atoms with E-state index in [-0.39, 0.29) is 0 Å². The van der Waals surface area contributed by atoms with Crippen molar-refractivity contribution in [3.63, 3.8) is 0 Å². The molecule has 1 aromatic carbocycles. The second kappa shape index (κ2) is 8.26. The minimum Gasteiger partial charge on any atom is -0.315 e. The third-order valence-corrected chi connectivity index (χ3v) is 2.85. The van der Waals surface area contributed by atoms with Crippen LogP contribution in [0, 0.1) is 5.92 Å². The molecule has 0 fully saturated rings. The van der Waals surface area contributed by atoms with Gasteiger partial charge in [-0.05, 0) is 23.9 Å². The molecular weight excluding hydrogens is 208 g/mol. The fourth-order valence-electron chi connectivity index (χ4n) is 1.79. The zero-order chi connectivity index (χ0) is 12.5. The third-order valence-electron chi connectivity index (χ3n) is 2.85. The van der Waals surface area contributed by atoms with E-state index < -0.39 is 0 Å². The molecule has 96 valence electrons. The summed E-state index contributed by atoms with van der Waals surface area (Å²) in [5.74, 6) is 1.32. The number of nitrogens with one attached hydrogen (secondary N) is 2. The first-order valence-corrected chi connectivity index (χ1v) is 6.66. The molecular formula is C15H26N2. The van der Waals surface area contributed by atoms with E-state index >= 15 is 0 Å². The zero-order valence-corrected chi connectivity index (χ0v) is 11.4. The van der Waals surface area contributed by atoms with Gasteiger partial charge in [-0.2, -0.15) is 0 Å². The van der Waals surface area contributed by atoms with E-state index in [1.165, 1.54) is 5.56 Å². The highest BCUT2D eigenvalue weighted by Crippen LogP contribution is 2.12. The van der Waals surface area contributed by atoms with E-state index in [2.05, 4.69) is 61.7 Å². The summed E-state index contributed by atoms with van der Waals surface area (Å²) < 4.78 is 0. The summed E-state index contributed by atoms with van der Waals surface area (Å²) in [6, 6.07) is 10.7. The molecule has 0 saturated heterocycles. The predicted octanol–water partition coefficient (Wildman–Crippen LogP) is 2.63. The lowest BCUT2D eigenvalue weighted by Gasteiger charge is -2.13. The van der Waals surface area contributed by atoms with E-state index in [4.69, 9.17) is 0 Å². The van der Waals surface area contributed by atoms with Crippen LogP contribution in [0.1, 0.15) is 32.3 Å². The first kappa shape index (κ1) is 14.2. The molecule has 2 nitrogen and oxygen atoms in total. The number of benzene rings is 1. The molecule has 2 heteroatoms. The zero-order valence-electron chi connectivity index (χ0n) is 11.4. The van der Waals surface area contributed by atoms with Crippen molar-refractivity contribution in [2.24, 2.45) is 5.92 Å². The van der Waals surface area contributed by atoms with Crippen LogP contribution in [-0.4, -0.2) is 26.2 Å². The lowest BCUT2D eigenvalue weighted by molar-refractivity contribution is 0.527. The number of hydrogen-bond acceptors (Lipinski definition) is 2. The van der Waals surface area contributed by atoms with Crippen LogP contribution in [0.2, 0.25) is 0 Å². The van der Waals surface area contributed by atoms with Gasteiger partial charge in [-0.3, -0.25) is 0 Å². The van der Waals surface area contributed by atoms with Crippen molar-refractivity contribution in [2.45, 2.75) is 26.7 Å². The second-order valence-electron chi connectivity index (χ2n) is 5.11. The summed E-state index contributed by atoms with van der Waals surface area (Å²) in [4.78, 5) is 0. The van der Waals surface area contributed by atoms with Crippen LogP contribution in [0.5, 0.6) is 0 Å². The van der Waals surface area contributed by atoms with E-state index in [9.17, 15) is 0 Å². The molecule has 0 heterocycles. The maximum Gasteiger partial charge on any atom is 0.00769 e. The fraction of sp³-hybridized carbons (Fsp3) is 0.600. The van der Waals surface area contributed by atoms with Crippen molar-refractivity contribution in [3.8, 4) is 0 Å². The fourth-order valence-corrected chi connectivity index (χ4v) is 1.79. The third kappa shape index (κ3) is 6.44. The molecule has 0 spiro atoms. The van der Waals surface area contributed by atoms with Crippen LogP contribution in [0.15, 0.2) is 30.3 Å². The SMILES string of the molecule is CC(C)CNCCNCC(C)c1ccccc1. The largest absolute Gasteiger partial charge is 0.315 e. The first-order valence-electron chi connectivity index (χ1n) is 6.66. The molecule has 0 aliphatic heterocycles. The summed E-state index contributed by atoms with van der Waals surface area (Å²) in [6.07, 6.45) is 0. The molecule has 0 bridgehead atoms. The Morgan fingerprint density at radius 1 is 0.882 bits per heavy atom. The maximum absolute atomic E-state index is 3.49. The summed E-state index contributed by atoms with van der Waals surface area (Å²) in [5, 5.41) is 6.93. The van der Waals surface area contributed by atoms with Gasteiger partial charge >= 0.3 is 0 Å². The smallest absolute Gasteiger partial charge is 0.00769 e. The summed E-state index contributed by atoms with van der Waals surface area (Å²) >= 11 is 0.